The van der Waals surface area contributed by atoms with Crippen LogP contribution in [0.4, 0.5) is 10.1 Å². The normalized spacial score (nSPS) is 15.0. The number of carbonyl (C=O) groups excluding carboxylic acids is 1. The third-order valence-electron chi connectivity index (χ3n) is 4.61. The first-order chi connectivity index (χ1) is 11.9. The maximum Gasteiger partial charge on any atom is 0.279 e. The summed E-state index contributed by atoms with van der Waals surface area (Å²) in [6.07, 6.45) is 2.17. The van der Waals surface area contributed by atoms with Gasteiger partial charge < -0.3 is 10.2 Å². The minimum absolute atomic E-state index is 0.0907. The summed E-state index contributed by atoms with van der Waals surface area (Å²) >= 11 is 6.27. The van der Waals surface area contributed by atoms with Crippen molar-refractivity contribution in [2.75, 3.05) is 11.9 Å². The molecule has 0 bridgehead atoms. The van der Waals surface area contributed by atoms with Crippen LogP contribution >= 0.6 is 11.6 Å². The standard InChI is InChI=1S/C20H22ClFN2O/c1-13-9-14(2)20(17(21)10-13)23-19(25)12-24(16-7-8-16)11-15-5-3-4-6-18(15)22/h3-6,9-10,16H,7-8,11-12H2,1-2H3,(H,23,25)/p+1. The van der Waals surface area contributed by atoms with Crippen LogP contribution < -0.4 is 10.2 Å². The van der Waals surface area contributed by atoms with Crippen molar-refractivity contribution in [2.45, 2.75) is 39.3 Å². The molecular weight excluding hydrogens is 339 g/mol. The molecule has 0 aromatic heterocycles. The molecule has 1 aliphatic carbocycles. The summed E-state index contributed by atoms with van der Waals surface area (Å²) in [6, 6.07) is 11.0. The molecule has 1 saturated carbocycles. The van der Waals surface area contributed by atoms with Crippen molar-refractivity contribution in [1.29, 1.82) is 0 Å². The molecule has 1 atom stereocenters. The van der Waals surface area contributed by atoms with Crippen LogP contribution in [-0.2, 0) is 11.3 Å². The van der Waals surface area contributed by atoms with Gasteiger partial charge in [0.05, 0.1) is 16.8 Å². The number of benzene rings is 2. The quantitative estimate of drug-likeness (QED) is 0.813. The van der Waals surface area contributed by atoms with Crippen LogP contribution in [0, 0.1) is 19.7 Å². The van der Waals surface area contributed by atoms with Crippen LogP contribution in [0.5, 0.6) is 0 Å². The Morgan fingerprint density at radius 2 is 2.00 bits per heavy atom. The second-order valence-corrected chi connectivity index (χ2v) is 7.27. The maximum absolute atomic E-state index is 13.9. The highest BCUT2D eigenvalue weighted by Gasteiger charge is 2.35. The Hall–Kier alpha value is -1.91. The van der Waals surface area contributed by atoms with Gasteiger partial charge in [-0.15, -0.1) is 0 Å². The van der Waals surface area contributed by atoms with Gasteiger partial charge in [0.15, 0.2) is 6.54 Å². The van der Waals surface area contributed by atoms with Gasteiger partial charge in [0.1, 0.15) is 12.4 Å². The van der Waals surface area contributed by atoms with Crippen LogP contribution in [0.2, 0.25) is 5.02 Å². The minimum Gasteiger partial charge on any atom is -0.321 e. The van der Waals surface area contributed by atoms with Crippen molar-refractivity contribution in [3.8, 4) is 0 Å². The van der Waals surface area contributed by atoms with Crippen LogP contribution in [0.25, 0.3) is 0 Å². The molecule has 0 radical (unpaired) electrons. The summed E-state index contributed by atoms with van der Waals surface area (Å²) in [5, 5.41) is 3.48. The van der Waals surface area contributed by atoms with Gasteiger partial charge in [0.25, 0.3) is 5.91 Å². The molecule has 2 N–H and O–H groups in total. The predicted octanol–water partition coefficient (Wildman–Crippen LogP) is 3.28. The first kappa shape index (κ1) is 17.9. The Bertz CT molecular complexity index is 766. The van der Waals surface area contributed by atoms with E-state index in [2.05, 4.69) is 5.32 Å². The largest absolute Gasteiger partial charge is 0.321 e. The predicted molar refractivity (Wildman–Crippen MR) is 98.5 cm³/mol. The Morgan fingerprint density at radius 1 is 1.28 bits per heavy atom. The van der Waals surface area contributed by atoms with E-state index in [1.165, 1.54) is 6.07 Å². The van der Waals surface area contributed by atoms with E-state index < -0.39 is 0 Å². The van der Waals surface area contributed by atoms with Crippen molar-refractivity contribution in [1.82, 2.24) is 0 Å². The lowest BCUT2D eigenvalue weighted by molar-refractivity contribution is -0.917. The summed E-state index contributed by atoms with van der Waals surface area (Å²) in [7, 11) is 0. The fourth-order valence-electron chi connectivity index (χ4n) is 3.19. The molecule has 0 aliphatic heterocycles. The van der Waals surface area contributed by atoms with Gasteiger partial charge >= 0.3 is 0 Å². The lowest BCUT2D eigenvalue weighted by Crippen LogP contribution is -3.13. The van der Waals surface area contributed by atoms with Crippen molar-refractivity contribution >= 4 is 23.2 Å². The van der Waals surface area contributed by atoms with Crippen LogP contribution in [0.15, 0.2) is 36.4 Å². The van der Waals surface area contributed by atoms with Gasteiger partial charge in [0.2, 0.25) is 0 Å². The zero-order chi connectivity index (χ0) is 18.0. The number of aryl methyl sites for hydroxylation is 2. The van der Waals surface area contributed by atoms with E-state index in [0.29, 0.717) is 35.4 Å². The van der Waals surface area contributed by atoms with Gasteiger partial charge in [0, 0.05) is 18.4 Å². The zero-order valence-corrected chi connectivity index (χ0v) is 15.3. The molecule has 25 heavy (non-hydrogen) atoms. The molecule has 2 aromatic rings. The molecule has 5 heteroatoms. The smallest absolute Gasteiger partial charge is 0.279 e. The molecule has 3 rings (SSSR count). The van der Waals surface area contributed by atoms with Crippen molar-refractivity contribution < 1.29 is 14.1 Å². The van der Waals surface area contributed by atoms with Gasteiger partial charge in [-0.25, -0.2) is 4.39 Å². The summed E-state index contributed by atoms with van der Waals surface area (Å²) in [6.45, 7) is 4.73. The minimum atomic E-state index is -0.210. The molecule has 3 nitrogen and oxygen atoms in total. The van der Waals surface area contributed by atoms with Crippen molar-refractivity contribution in [3.63, 3.8) is 0 Å². The highest BCUT2D eigenvalue weighted by Crippen LogP contribution is 2.27. The van der Waals surface area contributed by atoms with Crippen molar-refractivity contribution in [3.05, 3.63) is 63.9 Å². The Balaban J connectivity index is 1.69. The summed E-state index contributed by atoms with van der Waals surface area (Å²) in [5.41, 5.74) is 3.32. The number of quaternary nitrogens is 1. The molecule has 1 fully saturated rings. The molecule has 1 amide bonds. The van der Waals surface area contributed by atoms with E-state index in [1.807, 2.05) is 32.0 Å². The van der Waals surface area contributed by atoms with E-state index in [9.17, 15) is 9.18 Å². The molecule has 1 unspecified atom stereocenters. The van der Waals surface area contributed by atoms with Crippen LogP contribution in [-0.4, -0.2) is 18.5 Å². The highest BCUT2D eigenvalue weighted by atomic mass is 35.5. The number of nitrogens with one attached hydrogen (secondary N) is 2. The van der Waals surface area contributed by atoms with Gasteiger partial charge in [-0.3, -0.25) is 4.79 Å². The van der Waals surface area contributed by atoms with Gasteiger partial charge in [-0.05, 0) is 37.1 Å². The third kappa shape index (κ3) is 4.59. The summed E-state index contributed by atoms with van der Waals surface area (Å²) in [5.74, 6) is -0.300. The Kier molecular flexibility index (Phi) is 5.40. The number of carbonyl (C=O) groups is 1. The van der Waals surface area contributed by atoms with E-state index in [1.54, 1.807) is 12.1 Å². The second-order valence-electron chi connectivity index (χ2n) is 6.86. The molecular formula is C20H23ClFN2O+. The topological polar surface area (TPSA) is 33.5 Å². The number of anilines is 1. The summed E-state index contributed by atoms with van der Waals surface area (Å²) < 4.78 is 13.9. The highest BCUT2D eigenvalue weighted by molar-refractivity contribution is 6.34. The first-order valence-electron chi connectivity index (χ1n) is 8.58. The molecule has 0 spiro atoms. The Labute approximate surface area is 152 Å². The Morgan fingerprint density at radius 3 is 2.64 bits per heavy atom. The monoisotopic (exact) mass is 361 g/mol. The average Bonchev–Trinajstić information content (AvgIpc) is 3.37. The van der Waals surface area contributed by atoms with Gasteiger partial charge in [-0.2, -0.15) is 0 Å². The number of amides is 1. The second kappa shape index (κ2) is 7.54. The van der Waals surface area contributed by atoms with Gasteiger partial charge in [-0.1, -0.05) is 35.9 Å². The zero-order valence-electron chi connectivity index (χ0n) is 14.5. The lowest BCUT2D eigenvalue weighted by atomic mass is 10.1. The maximum atomic E-state index is 13.9. The van der Waals surface area contributed by atoms with Crippen molar-refractivity contribution in [2.24, 2.45) is 0 Å². The SMILES string of the molecule is Cc1cc(C)c(NC(=O)C[NH+](Cc2ccccc2F)C2CC2)c(Cl)c1. The summed E-state index contributed by atoms with van der Waals surface area (Å²) in [4.78, 5) is 13.6. The fraction of sp³-hybridized carbons (Fsp3) is 0.350. The van der Waals surface area contributed by atoms with E-state index in [4.69, 9.17) is 11.6 Å². The average molecular weight is 362 g/mol. The first-order valence-corrected chi connectivity index (χ1v) is 8.96. The van der Waals surface area contributed by atoms with E-state index in [-0.39, 0.29) is 11.7 Å². The van der Waals surface area contributed by atoms with E-state index >= 15 is 0 Å². The molecule has 0 heterocycles. The number of hydrogen-bond acceptors (Lipinski definition) is 1. The fourth-order valence-corrected chi connectivity index (χ4v) is 3.56. The number of hydrogen-bond donors (Lipinski definition) is 2. The molecule has 132 valence electrons. The third-order valence-corrected chi connectivity index (χ3v) is 4.91. The lowest BCUT2D eigenvalue weighted by Gasteiger charge is -2.20. The van der Waals surface area contributed by atoms with E-state index in [0.717, 1.165) is 28.9 Å². The molecule has 1 aliphatic rings. The number of halogens is 2. The molecule has 0 saturated heterocycles. The van der Waals surface area contributed by atoms with Crippen LogP contribution in [0.1, 0.15) is 29.5 Å². The molecule has 2 aromatic carbocycles. The number of rotatable bonds is 6. The van der Waals surface area contributed by atoms with Crippen LogP contribution in [0.3, 0.4) is 0 Å².